The van der Waals surface area contributed by atoms with Gasteiger partial charge in [0.2, 0.25) is 11.8 Å². The van der Waals surface area contributed by atoms with Crippen molar-refractivity contribution >= 4 is 31.7 Å². The molecule has 2 fully saturated rings. The number of esters is 1. The predicted octanol–water partition coefficient (Wildman–Crippen LogP) is 1.71. The lowest BCUT2D eigenvalue weighted by atomic mass is 9.96. The molecule has 0 spiro atoms. The van der Waals surface area contributed by atoms with Gasteiger partial charge in [-0.2, -0.15) is 9.97 Å². The number of methoxy groups -OCH3 is 2. The summed E-state index contributed by atoms with van der Waals surface area (Å²) < 4.78 is 35.3. The quantitative estimate of drug-likeness (QED) is 0.369. The van der Waals surface area contributed by atoms with Gasteiger partial charge in [-0.25, -0.2) is 9.78 Å². The van der Waals surface area contributed by atoms with Crippen LogP contribution in [0.2, 0.25) is 0 Å². The molecule has 3 aromatic rings. The highest BCUT2D eigenvalue weighted by Crippen LogP contribution is 2.53. The van der Waals surface area contributed by atoms with E-state index in [1.54, 1.807) is 35.8 Å². The Hall–Kier alpha value is -2.93. The summed E-state index contributed by atoms with van der Waals surface area (Å²) in [5, 5.41) is 11.5. The molecule has 0 radical (unpaired) electrons. The van der Waals surface area contributed by atoms with E-state index in [1.165, 1.54) is 20.5 Å². The van der Waals surface area contributed by atoms with E-state index in [2.05, 4.69) is 15.0 Å². The van der Waals surface area contributed by atoms with Crippen molar-refractivity contribution in [3.05, 3.63) is 41.7 Å². The van der Waals surface area contributed by atoms with Crippen LogP contribution in [-0.4, -0.2) is 69.2 Å². The topological polar surface area (TPSA) is 162 Å². The molecule has 2 aromatic heterocycles. The predicted molar refractivity (Wildman–Crippen MR) is 121 cm³/mol. The van der Waals surface area contributed by atoms with Crippen molar-refractivity contribution in [1.82, 2.24) is 19.5 Å². The number of hydrogen-bond acceptors (Lipinski definition) is 12. The standard InChI is InChI=1S/C21H24N5O8P/c1-21(28)15-13(33-19(21)26-10-23-14-16(26)24-20(22)25-17(14)29-2)9-32-35(34-15)31-8-11-6-4-5-7-12(11)18(27)30-3/h4-7,10,13,15,19,28H,8-9H2,1-3H3,(H2,22,24,25). The monoisotopic (exact) mass is 505 g/mol. The maximum atomic E-state index is 12.0. The third-order valence-electron chi connectivity index (χ3n) is 5.86. The lowest BCUT2D eigenvalue weighted by molar-refractivity contribution is -0.0891. The summed E-state index contributed by atoms with van der Waals surface area (Å²) in [5.74, 6) is -0.258. The molecule has 35 heavy (non-hydrogen) atoms. The molecule has 14 heteroatoms. The highest BCUT2D eigenvalue weighted by atomic mass is 31.2. The highest BCUT2D eigenvalue weighted by molar-refractivity contribution is 7.41. The van der Waals surface area contributed by atoms with Gasteiger partial charge in [-0.05, 0) is 18.6 Å². The number of carbonyl (C=O) groups is 1. The maximum Gasteiger partial charge on any atom is 0.338 e. The van der Waals surface area contributed by atoms with Gasteiger partial charge in [-0.3, -0.25) is 4.57 Å². The van der Waals surface area contributed by atoms with E-state index in [-0.39, 0.29) is 25.0 Å². The van der Waals surface area contributed by atoms with Crippen molar-refractivity contribution in [1.29, 1.82) is 0 Å². The van der Waals surface area contributed by atoms with E-state index < -0.39 is 38.6 Å². The summed E-state index contributed by atoms with van der Waals surface area (Å²) in [6.07, 6.45) is -0.762. The van der Waals surface area contributed by atoms with Crippen molar-refractivity contribution < 1.29 is 37.7 Å². The summed E-state index contributed by atoms with van der Waals surface area (Å²) in [6, 6.07) is 6.93. The van der Waals surface area contributed by atoms with Gasteiger partial charge in [0.25, 0.3) is 0 Å². The molecular formula is C21H24N5O8P. The zero-order valence-electron chi connectivity index (χ0n) is 19.2. The summed E-state index contributed by atoms with van der Waals surface area (Å²) in [4.78, 5) is 24.6. The molecule has 13 nitrogen and oxygen atoms in total. The number of nitrogen functional groups attached to an aromatic ring is 1. The Morgan fingerprint density at radius 3 is 2.91 bits per heavy atom. The summed E-state index contributed by atoms with van der Waals surface area (Å²) >= 11 is 0. The number of ether oxygens (including phenoxy) is 3. The van der Waals surface area contributed by atoms with Crippen molar-refractivity contribution in [3.63, 3.8) is 0 Å². The Balaban J connectivity index is 1.34. The van der Waals surface area contributed by atoms with Gasteiger partial charge in [-0.1, -0.05) is 18.2 Å². The zero-order valence-corrected chi connectivity index (χ0v) is 20.0. The number of nitrogens with two attached hydrogens (primary N) is 1. The second-order valence-corrected chi connectivity index (χ2v) is 9.31. The first kappa shape index (κ1) is 23.8. The summed E-state index contributed by atoms with van der Waals surface area (Å²) in [5.41, 5.74) is 6.05. The van der Waals surface area contributed by atoms with Gasteiger partial charge in [0.15, 0.2) is 17.4 Å². The first-order valence-electron chi connectivity index (χ1n) is 10.6. The fourth-order valence-electron chi connectivity index (χ4n) is 4.16. The Morgan fingerprint density at radius 1 is 1.34 bits per heavy atom. The molecule has 5 atom stereocenters. The third kappa shape index (κ3) is 4.20. The SMILES string of the molecule is COC(=O)c1ccccc1COP1OCC2OC(n3cnc4c(OC)nc(N)nc43)C(C)(O)C2O1. The van der Waals surface area contributed by atoms with Crippen molar-refractivity contribution in [2.45, 2.75) is 37.6 Å². The molecule has 0 aliphatic carbocycles. The van der Waals surface area contributed by atoms with Crippen LogP contribution >= 0.6 is 8.60 Å². The Kier molecular flexibility index (Phi) is 6.30. The first-order valence-corrected chi connectivity index (χ1v) is 11.7. The molecule has 2 saturated heterocycles. The van der Waals surface area contributed by atoms with Crippen molar-refractivity contribution in [2.75, 3.05) is 26.6 Å². The molecule has 3 N–H and O–H groups in total. The Labute approximate surface area is 201 Å². The van der Waals surface area contributed by atoms with Crippen LogP contribution in [0.4, 0.5) is 5.95 Å². The van der Waals surface area contributed by atoms with Crippen LogP contribution < -0.4 is 10.5 Å². The second-order valence-electron chi connectivity index (χ2n) is 8.14. The van der Waals surface area contributed by atoms with Crippen LogP contribution in [0.5, 0.6) is 5.88 Å². The fourth-order valence-corrected chi connectivity index (χ4v) is 5.41. The van der Waals surface area contributed by atoms with Crippen LogP contribution in [0.25, 0.3) is 11.2 Å². The number of imidazole rings is 1. The van der Waals surface area contributed by atoms with E-state index >= 15 is 0 Å². The van der Waals surface area contributed by atoms with E-state index in [9.17, 15) is 9.90 Å². The number of fused-ring (bicyclic) bond motifs is 2. The van der Waals surface area contributed by atoms with Crippen LogP contribution in [0.1, 0.15) is 29.1 Å². The smallest absolute Gasteiger partial charge is 0.338 e. The minimum atomic E-state index is -1.83. The lowest BCUT2D eigenvalue weighted by Gasteiger charge is -2.34. The molecular weight excluding hydrogens is 481 g/mol. The van der Waals surface area contributed by atoms with Gasteiger partial charge in [-0.15, -0.1) is 0 Å². The molecule has 0 saturated carbocycles. The Morgan fingerprint density at radius 2 is 2.14 bits per heavy atom. The average molecular weight is 505 g/mol. The molecule has 5 rings (SSSR count). The van der Waals surface area contributed by atoms with E-state index in [1.807, 2.05) is 0 Å². The normalized spacial score (nSPS) is 28.1. The number of hydrogen-bond donors (Lipinski definition) is 2. The van der Waals surface area contributed by atoms with Gasteiger partial charge in [0, 0.05) is 0 Å². The maximum absolute atomic E-state index is 12.0. The summed E-state index contributed by atoms with van der Waals surface area (Å²) in [7, 11) is 0.940. The zero-order chi connectivity index (χ0) is 24.7. The number of benzene rings is 1. The minimum absolute atomic E-state index is 0.00473. The van der Waals surface area contributed by atoms with E-state index in [0.717, 1.165) is 0 Å². The number of anilines is 1. The number of rotatable bonds is 6. The molecule has 4 heterocycles. The first-order chi connectivity index (χ1) is 16.8. The molecule has 1 aromatic carbocycles. The molecule has 0 bridgehead atoms. The third-order valence-corrected chi connectivity index (χ3v) is 6.96. The van der Waals surface area contributed by atoms with E-state index in [4.69, 9.17) is 33.5 Å². The van der Waals surface area contributed by atoms with Crippen molar-refractivity contribution in [3.8, 4) is 5.88 Å². The molecule has 186 valence electrons. The highest BCUT2D eigenvalue weighted by Gasteiger charge is 2.58. The van der Waals surface area contributed by atoms with Gasteiger partial charge in [0.1, 0.15) is 17.8 Å². The largest absolute Gasteiger partial charge is 0.479 e. The molecule has 2 aliphatic heterocycles. The van der Waals surface area contributed by atoms with Gasteiger partial charge < -0.3 is 38.6 Å². The molecule has 0 amide bonds. The Bertz CT molecular complexity index is 1250. The van der Waals surface area contributed by atoms with Gasteiger partial charge in [0.05, 0.1) is 39.3 Å². The van der Waals surface area contributed by atoms with Crippen LogP contribution in [0.3, 0.4) is 0 Å². The van der Waals surface area contributed by atoms with E-state index in [0.29, 0.717) is 22.3 Å². The fraction of sp³-hybridized carbons (Fsp3) is 0.429. The van der Waals surface area contributed by atoms with Gasteiger partial charge >= 0.3 is 14.6 Å². The number of nitrogens with zero attached hydrogens (tertiary/aromatic N) is 4. The minimum Gasteiger partial charge on any atom is -0.479 e. The molecule has 5 unspecified atom stereocenters. The van der Waals surface area contributed by atoms with Crippen LogP contribution in [0, 0.1) is 0 Å². The number of aliphatic hydroxyl groups is 1. The molecule has 2 aliphatic rings. The number of aromatic nitrogens is 4. The number of carbonyl (C=O) groups excluding carboxylic acids is 1. The summed E-state index contributed by atoms with van der Waals surface area (Å²) in [6.45, 7) is 1.79. The van der Waals surface area contributed by atoms with Crippen LogP contribution in [0.15, 0.2) is 30.6 Å². The van der Waals surface area contributed by atoms with Crippen molar-refractivity contribution in [2.24, 2.45) is 0 Å². The lowest BCUT2D eigenvalue weighted by Crippen LogP contribution is -2.47. The second kappa shape index (κ2) is 9.26. The average Bonchev–Trinajstić information content (AvgIpc) is 3.39. The van der Waals surface area contributed by atoms with Crippen LogP contribution in [-0.2, 0) is 29.7 Å².